The van der Waals surface area contributed by atoms with E-state index in [1.165, 1.54) is 17.1 Å². The summed E-state index contributed by atoms with van der Waals surface area (Å²) in [6.45, 7) is 0.965. The molecule has 3 fully saturated rings. The summed E-state index contributed by atoms with van der Waals surface area (Å²) in [7, 11) is 0. The molecule has 0 radical (unpaired) electrons. The number of aromatic nitrogens is 3. The van der Waals surface area contributed by atoms with Crippen molar-refractivity contribution in [3.63, 3.8) is 0 Å². The third-order valence-corrected chi connectivity index (χ3v) is 8.29. The number of pyridine rings is 1. The molecule has 178 valence electrons. The monoisotopic (exact) mass is 499 g/mol. The molecule has 0 spiro atoms. The molecule has 1 N–H and O–H groups in total. The first-order valence-electron chi connectivity index (χ1n) is 11.9. The van der Waals surface area contributed by atoms with Gasteiger partial charge in [-0.25, -0.2) is 8.89 Å². The summed E-state index contributed by atoms with van der Waals surface area (Å²) in [5.41, 5.74) is 3.91. The average molecular weight is 500 g/mol. The third kappa shape index (κ3) is 3.89. The Kier molecular flexibility index (Phi) is 5.58. The van der Waals surface area contributed by atoms with Gasteiger partial charge in [0.2, 0.25) is 5.91 Å². The Morgan fingerprint density at radius 1 is 1.12 bits per heavy atom. The van der Waals surface area contributed by atoms with Crippen LogP contribution in [0.25, 0.3) is 16.8 Å². The minimum absolute atomic E-state index is 0.0245. The van der Waals surface area contributed by atoms with E-state index in [0.29, 0.717) is 29.5 Å². The topological polar surface area (TPSA) is 91.0 Å². The van der Waals surface area contributed by atoms with Crippen molar-refractivity contribution in [3.8, 4) is 11.3 Å². The lowest BCUT2D eigenvalue weighted by atomic mass is 9.91. The van der Waals surface area contributed by atoms with Crippen LogP contribution in [0.15, 0.2) is 23.7 Å². The van der Waals surface area contributed by atoms with Crippen LogP contribution >= 0.6 is 23.1 Å². The number of fused-ring (bicyclic) bond motifs is 1. The van der Waals surface area contributed by atoms with Crippen LogP contribution in [0.1, 0.15) is 60.5 Å². The van der Waals surface area contributed by atoms with Crippen LogP contribution in [-0.4, -0.2) is 72.5 Å². The molecule has 0 atom stereocenters. The molecule has 4 heterocycles. The van der Waals surface area contributed by atoms with Gasteiger partial charge in [-0.2, -0.15) is 5.10 Å². The third-order valence-electron chi connectivity index (χ3n) is 7.33. The van der Waals surface area contributed by atoms with Gasteiger partial charge in [-0.3, -0.25) is 9.59 Å². The number of aliphatic hydroxyl groups excluding tert-OH is 1. The number of carbonyl (C=O) groups is 2. The van der Waals surface area contributed by atoms with Crippen LogP contribution in [0.2, 0.25) is 5.02 Å². The summed E-state index contributed by atoms with van der Waals surface area (Å²) < 4.78 is 5.96. The van der Waals surface area contributed by atoms with Crippen molar-refractivity contribution in [2.45, 2.75) is 56.6 Å². The van der Waals surface area contributed by atoms with Crippen LogP contribution < -0.4 is 0 Å². The van der Waals surface area contributed by atoms with Crippen molar-refractivity contribution in [1.29, 1.82) is 0 Å². The van der Waals surface area contributed by atoms with E-state index in [1.54, 1.807) is 15.6 Å². The largest absolute Gasteiger partial charge is 0.393 e. The number of rotatable bonds is 4. The van der Waals surface area contributed by atoms with Crippen LogP contribution in [-0.2, 0) is 4.79 Å². The van der Waals surface area contributed by atoms with Crippen molar-refractivity contribution in [1.82, 2.24) is 23.8 Å². The maximum atomic E-state index is 13.4. The van der Waals surface area contributed by atoms with Crippen molar-refractivity contribution >= 4 is 40.5 Å². The Labute approximate surface area is 206 Å². The van der Waals surface area contributed by atoms with Crippen LogP contribution in [0.5, 0.6) is 0 Å². The first-order valence-corrected chi connectivity index (χ1v) is 13.1. The fraction of sp³-hybridized carbons (Fsp3) is 0.500. The summed E-state index contributed by atoms with van der Waals surface area (Å²) in [5.74, 6) is 0.150. The van der Waals surface area contributed by atoms with E-state index in [0.717, 1.165) is 49.8 Å². The molecule has 3 aromatic rings. The first-order chi connectivity index (χ1) is 16.5. The molecule has 0 unspecified atom stereocenters. The minimum atomic E-state index is -0.317. The molecule has 3 aromatic heterocycles. The summed E-state index contributed by atoms with van der Waals surface area (Å²) in [4.78, 5) is 29.8. The van der Waals surface area contributed by atoms with Crippen LogP contribution in [0.3, 0.4) is 0 Å². The Balaban J connectivity index is 1.28. The summed E-state index contributed by atoms with van der Waals surface area (Å²) in [6.07, 6.45) is 6.91. The lowest BCUT2D eigenvalue weighted by molar-refractivity contribution is -0.138. The fourth-order valence-corrected chi connectivity index (χ4v) is 6.01. The Bertz CT molecular complexity index is 1250. The van der Waals surface area contributed by atoms with E-state index in [1.807, 2.05) is 16.3 Å². The highest BCUT2D eigenvalue weighted by Crippen LogP contribution is 2.43. The van der Waals surface area contributed by atoms with Crippen molar-refractivity contribution in [3.05, 3.63) is 40.0 Å². The second kappa shape index (κ2) is 8.62. The van der Waals surface area contributed by atoms with Gasteiger partial charge in [0.25, 0.3) is 5.91 Å². The van der Waals surface area contributed by atoms with Gasteiger partial charge in [0.05, 0.1) is 28.5 Å². The highest BCUT2D eigenvalue weighted by atomic mass is 35.5. The van der Waals surface area contributed by atoms with E-state index in [4.69, 9.17) is 11.6 Å². The Morgan fingerprint density at radius 2 is 1.91 bits per heavy atom. The molecule has 1 saturated heterocycles. The quantitative estimate of drug-likeness (QED) is 0.592. The number of amides is 2. The maximum Gasteiger partial charge on any atom is 0.276 e. The molecule has 0 bridgehead atoms. The second-order valence-electron chi connectivity index (χ2n) is 9.60. The SMILES string of the molecule is O=C(c1nn2c(-c3cnsc3)cc(C3CC3)cc2c1Cl)N1CCN([C@H]2CC[C@H](O)CC2)C(=O)C1. The Morgan fingerprint density at radius 3 is 2.59 bits per heavy atom. The van der Waals surface area contributed by atoms with E-state index < -0.39 is 0 Å². The van der Waals surface area contributed by atoms with Crippen molar-refractivity contribution in [2.75, 3.05) is 19.6 Å². The van der Waals surface area contributed by atoms with Gasteiger partial charge >= 0.3 is 0 Å². The molecule has 34 heavy (non-hydrogen) atoms. The lowest BCUT2D eigenvalue weighted by Crippen LogP contribution is -2.56. The van der Waals surface area contributed by atoms with Gasteiger partial charge in [0, 0.05) is 30.1 Å². The number of carbonyl (C=O) groups excluding carboxylic acids is 2. The molecule has 3 aliphatic rings. The molecule has 1 aliphatic heterocycles. The predicted molar refractivity (Wildman–Crippen MR) is 129 cm³/mol. The molecule has 2 amide bonds. The van der Waals surface area contributed by atoms with Gasteiger partial charge in [-0.1, -0.05) is 11.6 Å². The van der Waals surface area contributed by atoms with Gasteiger partial charge in [-0.05, 0) is 73.7 Å². The zero-order valence-corrected chi connectivity index (χ0v) is 20.3. The summed E-state index contributed by atoms with van der Waals surface area (Å²) in [5, 5.41) is 16.7. The summed E-state index contributed by atoms with van der Waals surface area (Å²) in [6, 6.07) is 4.30. The molecule has 2 aliphatic carbocycles. The zero-order chi connectivity index (χ0) is 23.4. The molecule has 8 nitrogen and oxygen atoms in total. The average Bonchev–Trinajstić information content (AvgIpc) is 3.45. The Hall–Kier alpha value is -2.49. The molecular formula is C24H26ClN5O3S. The van der Waals surface area contributed by atoms with E-state index in [-0.39, 0.29) is 36.2 Å². The minimum Gasteiger partial charge on any atom is -0.393 e. The predicted octanol–water partition coefficient (Wildman–Crippen LogP) is 3.58. The molecular weight excluding hydrogens is 474 g/mol. The van der Waals surface area contributed by atoms with Gasteiger partial charge in [0.1, 0.15) is 6.54 Å². The fourth-order valence-electron chi connectivity index (χ4n) is 5.23. The van der Waals surface area contributed by atoms with Gasteiger partial charge in [0.15, 0.2) is 5.69 Å². The number of piperazine rings is 1. The number of aliphatic hydroxyl groups is 1. The zero-order valence-electron chi connectivity index (χ0n) is 18.7. The first kappa shape index (κ1) is 22.0. The number of hydrogen-bond acceptors (Lipinski definition) is 6. The molecule has 2 saturated carbocycles. The van der Waals surface area contributed by atoms with Crippen LogP contribution in [0, 0.1) is 0 Å². The van der Waals surface area contributed by atoms with E-state index >= 15 is 0 Å². The highest BCUT2D eigenvalue weighted by Gasteiger charge is 2.35. The standard InChI is InChI=1S/C24H26ClN5O3S/c25-22-20-10-15(14-1-2-14)9-19(16-11-26-34-13-16)30(20)27-23(22)24(33)28-7-8-29(21(32)12-28)17-3-5-18(31)6-4-17/h9-11,13-14,17-18,31H,1-8,12H2/t17-,18-. The molecule has 0 aromatic carbocycles. The van der Waals surface area contributed by atoms with Crippen LogP contribution in [0.4, 0.5) is 0 Å². The highest BCUT2D eigenvalue weighted by molar-refractivity contribution is 7.03. The molecule has 10 heteroatoms. The maximum absolute atomic E-state index is 13.4. The number of hydrogen-bond donors (Lipinski definition) is 1. The van der Waals surface area contributed by atoms with Crippen molar-refractivity contribution < 1.29 is 14.7 Å². The smallest absolute Gasteiger partial charge is 0.276 e. The summed E-state index contributed by atoms with van der Waals surface area (Å²) >= 11 is 8.11. The molecule has 6 rings (SSSR count). The van der Waals surface area contributed by atoms with Crippen molar-refractivity contribution in [2.24, 2.45) is 0 Å². The lowest BCUT2D eigenvalue weighted by Gasteiger charge is -2.41. The second-order valence-corrected chi connectivity index (χ2v) is 10.6. The van der Waals surface area contributed by atoms with Gasteiger partial charge in [-0.15, -0.1) is 0 Å². The van der Waals surface area contributed by atoms with E-state index in [9.17, 15) is 14.7 Å². The number of halogens is 1. The number of nitrogens with zero attached hydrogens (tertiary/aromatic N) is 5. The van der Waals surface area contributed by atoms with E-state index in [2.05, 4.69) is 15.5 Å². The normalized spacial score (nSPS) is 23.6. The van der Waals surface area contributed by atoms with Gasteiger partial charge < -0.3 is 14.9 Å².